The van der Waals surface area contributed by atoms with Crippen LogP contribution in [0.2, 0.25) is 0 Å². The number of aromatic nitrogens is 2. The van der Waals surface area contributed by atoms with Crippen LogP contribution in [0.1, 0.15) is 13.8 Å². The van der Waals surface area contributed by atoms with E-state index in [0.717, 1.165) is 9.35 Å². The lowest BCUT2D eigenvalue weighted by Gasteiger charge is -2.01. The highest BCUT2D eigenvalue weighted by molar-refractivity contribution is 9.10. The van der Waals surface area contributed by atoms with Gasteiger partial charge in [0.15, 0.2) is 0 Å². The molecule has 80 valence electrons. The Kier molecular flexibility index (Phi) is 3.06. The molecule has 0 aliphatic rings. The Morgan fingerprint density at radius 3 is 2.93 bits per heavy atom. The van der Waals surface area contributed by atoms with Crippen LogP contribution in [-0.2, 0) is 0 Å². The minimum absolute atomic E-state index is 0.286. The molecule has 6 heteroatoms. The van der Waals surface area contributed by atoms with Crippen molar-refractivity contribution >= 4 is 33.3 Å². The summed E-state index contributed by atoms with van der Waals surface area (Å²) >= 11 is 4.96. The van der Waals surface area contributed by atoms with E-state index < -0.39 is 0 Å². The molecule has 2 heterocycles. The van der Waals surface area contributed by atoms with Crippen molar-refractivity contribution < 1.29 is 4.52 Å². The lowest BCUT2D eigenvalue weighted by molar-refractivity contribution is 0.429. The van der Waals surface area contributed by atoms with Crippen LogP contribution in [0.15, 0.2) is 20.4 Å². The highest BCUT2D eigenvalue weighted by Crippen LogP contribution is 2.28. The zero-order valence-corrected chi connectivity index (χ0v) is 10.7. The number of nitrogens with zero attached hydrogens (tertiary/aromatic N) is 2. The van der Waals surface area contributed by atoms with E-state index >= 15 is 0 Å². The largest absolute Gasteiger partial charge is 0.336 e. The second-order valence-corrected chi connectivity index (χ2v) is 5.18. The van der Waals surface area contributed by atoms with Crippen molar-refractivity contribution in [3.8, 4) is 10.7 Å². The summed E-state index contributed by atoms with van der Waals surface area (Å²) in [5, 5.41) is 8.94. The monoisotopic (exact) mass is 287 g/mol. The lowest BCUT2D eigenvalue weighted by Crippen LogP contribution is -2.09. The standard InChI is InChI=1S/C9H10BrN3OS/c1-5(2)11-9-12-8(13-14-9)7-3-6(10)4-15-7/h3-5H,1-2H3,(H,11,12,13). The number of hydrogen-bond donors (Lipinski definition) is 1. The van der Waals surface area contributed by atoms with Gasteiger partial charge in [-0.1, -0.05) is 5.16 Å². The minimum atomic E-state index is 0.286. The van der Waals surface area contributed by atoms with E-state index in [-0.39, 0.29) is 6.04 Å². The van der Waals surface area contributed by atoms with Crippen LogP contribution in [0.25, 0.3) is 10.7 Å². The van der Waals surface area contributed by atoms with E-state index in [1.807, 2.05) is 25.3 Å². The van der Waals surface area contributed by atoms with Gasteiger partial charge in [0.25, 0.3) is 0 Å². The van der Waals surface area contributed by atoms with E-state index in [9.17, 15) is 0 Å². The molecule has 0 amide bonds. The summed E-state index contributed by atoms with van der Waals surface area (Å²) in [4.78, 5) is 5.22. The van der Waals surface area contributed by atoms with Crippen LogP contribution in [-0.4, -0.2) is 16.2 Å². The van der Waals surface area contributed by atoms with E-state index in [1.54, 1.807) is 11.3 Å². The Labute approximate surface area is 99.8 Å². The summed E-state index contributed by atoms with van der Waals surface area (Å²) in [7, 11) is 0. The van der Waals surface area contributed by atoms with Crippen molar-refractivity contribution in [2.45, 2.75) is 19.9 Å². The fourth-order valence-corrected chi connectivity index (χ4v) is 2.41. The molecule has 0 bridgehead atoms. The molecule has 0 aliphatic carbocycles. The Bertz CT molecular complexity index is 452. The van der Waals surface area contributed by atoms with Crippen molar-refractivity contribution in [2.75, 3.05) is 5.32 Å². The molecule has 2 aromatic rings. The molecule has 1 N–H and O–H groups in total. The number of thiophene rings is 1. The molecule has 0 aromatic carbocycles. The van der Waals surface area contributed by atoms with Crippen LogP contribution in [0.5, 0.6) is 0 Å². The summed E-state index contributed by atoms with van der Waals surface area (Å²) in [6.45, 7) is 4.04. The van der Waals surface area contributed by atoms with Gasteiger partial charge in [-0.15, -0.1) is 11.3 Å². The molecule has 0 aliphatic heterocycles. The van der Waals surface area contributed by atoms with Gasteiger partial charge in [0, 0.05) is 15.9 Å². The molecule has 0 atom stereocenters. The summed E-state index contributed by atoms with van der Waals surface area (Å²) in [5.41, 5.74) is 0. The van der Waals surface area contributed by atoms with Crippen molar-refractivity contribution in [3.05, 3.63) is 15.9 Å². The zero-order valence-electron chi connectivity index (χ0n) is 8.32. The maximum Gasteiger partial charge on any atom is 0.322 e. The smallest absolute Gasteiger partial charge is 0.322 e. The maximum absolute atomic E-state index is 5.06. The normalized spacial score (nSPS) is 10.9. The van der Waals surface area contributed by atoms with Gasteiger partial charge < -0.3 is 9.84 Å². The third-order valence-corrected chi connectivity index (χ3v) is 3.31. The first-order valence-electron chi connectivity index (χ1n) is 4.50. The van der Waals surface area contributed by atoms with Gasteiger partial charge in [-0.2, -0.15) is 4.98 Å². The van der Waals surface area contributed by atoms with Gasteiger partial charge >= 0.3 is 6.01 Å². The molecular formula is C9H10BrN3OS. The molecule has 0 fully saturated rings. The third kappa shape index (κ3) is 2.57. The van der Waals surface area contributed by atoms with E-state index in [1.165, 1.54) is 0 Å². The molecule has 15 heavy (non-hydrogen) atoms. The van der Waals surface area contributed by atoms with Gasteiger partial charge in [-0.05, 0) is 35.8 Å². The second-order valence-electron chi connectivity index (χ2n) is 3.35. The average Bonchev–Trinajstić information content (AvgIpc) is 2.72. The molecule has 0 saturated heterocycles. The number of nitrogens with one attached hydrogen (secondary N) is 1. The molecule has 4 nitrogen and oxygen atoms in total. The first-order valence-corrected chi connectivity index (χ1v) is 6.17. The van der Waals surface area contributed by atoms with Crippen LogP contribution in [0.3, 0.4) is 0 Å². The molecule has 0 unspecified atom stereocenters. The zero-order chi connectivity index (χ0) is 10.8. The predicted molar refractivity (Wildman–Crippen MR) is 64.1 cm³/mol. The van der Waals surface area contributed by atoms with Gasteiger partial charge in [0.1, 0.15) is 0 Å². The fourth-order valence-electron chi connectivity index (χ4n) is 1.06. The topological polar surface area (TPSA) is 51.0 Å². The second kappa shape index (κ2) is 4.32. The molecule has 2 aromatic heterocycles. The summed E-state index contributed by atoms with van der Waals surface area (Å²) in [5.74, 6) is 0.619. The SMILES string of the molecule is CC(C)Nc1nc(-c2cc(Br)cs2)no1. The number of anilines is 1. The Morgan fingerprint density at radius 1 is 1.53 bits per heavy atom. The van der Waals surface area contributed by atoms with Crippen molar-refractivity contribution in [2.24, 2.45) is 0 Å². The van der Waals surface area contributed by atoms with Crippen molar-refractivity contribution in [1.29, 1.82) is 0 Å². The lowest BCUT2D eigenvalue weighted by atomic mass is 10.4. The van der Waals surface area contributed by atoms with Gasteiger partial charge in [0.2, 0.25) is 5.82 Å². The fraction of sp³-hybridized carbons (Fsp3) is 0.333. The molecular weight excluding hydrogens is 278 g/mol. The van der Waals surface area contributed by atoms with Crippen LogP contribution in [0, 0.1) is 0 Å². The van der Waals surface area contributed by atoms with Crippen molar-refractivity contribution in [3.63, 3.8) is 0 Å². The van der Waals surface area contributed by atoms with Crippen LogP contribution >= 0.6 is 27.3 Å². The quantitative estimate of drug-likeness (QED) is 0.940. The molecule has 0 spiro atoms. The minimum Gasteiger partial charge on any atom is -0.336 e. The highest BCUT2D eigenvalue weighted by Gasteiger charge is 2.10. The summed E-state index contributed by atoms with van der Waals surface area (Å²) in [6.07, 6.45) is 0. The molecule has 0 radical (unpaired) electrons. The number of rotatable bonds is 3. The van der Waals surface area contributed by atoms with E-state index in [2.05, 4.69) is 31.4 Å². The highest BCUT2D eigenvalue weighted by atomic mass is 79.9. The van der Waals surface area contributed by atoms with Gasteiger partial charge in [-0.25, -0.2) is 0 Å². The predicted octanol–water partition coefficient (Wildman–Crippen LogP) is 3.38. The van der Waals surface area contributed by atoms with E-state index in [0.29, 0.717) is 11.8 Å². The molecule has 2 rings (SSSR count). The average molecular weight is 288 g/mol. The first kappa shape index (κ1) is 10.6. The van der Waals surface area contributed by atoms with E-state index in [4.69, 9.17) is 4.52 Å². The Morgan fingerprint density at radius 2 is 2.33 bits per heavy atom. The summed E-state index contributed by atoms with van der Waals surface area (Å²) < 4.78 is 6.09. The Balaban J connectivity index is 2.20. The molecule has 0 saturated carbocycles. The van der Waals surface area contributed by atoms with Gasteiger partial charge in [-0.3, -0.25) is 0 Å². The third-order valence-electron chi connectivity index (χ3n) is 1.63. The Hall–Kier alpha value is -0.880. The van der Waals surface area contributed by atoms with Crippen molar-refractivity contribution in [1.82, 2.24) is 10.1 Å². The number of halogens is 1. The number of hydrogen-bond acceptors (Lipinski definition) is 5. The van der Waals surface area contributed by atoms with Gasteiger partial charge in [0.05, 0.1) is 4.88 Å². The van der Waals surface area contributed by atoms with Crippen LogP contribution < -0.4 is 5.32 Å². The van der Waals surface area contributed by atoms with Crippen LogP contribution in [0.4, 0.5) is 6.01 Å². The first-order chi connectivity index (χ1) is 7.15. The maximum atomic E-state index is 5.06. The summed E-state index contributed by atoms with van der Waals surface area (Å²) in [6, 6.07) is 2.71.